The Morgan fingerprint density at radius 3 is 2.52 bits per heavy atom. The molecule has 1 aromatic rings. The van der Waals surface area contributed by atoms with Gasteiger partial charge in [0, 0.05) is 5.92 Å². The van der Waals surface area contributed by atoms with Crippen molar-refractivity contribution in [1.82, 2.24) is 15.1 Å². The van der Waals surface area contributed by atoms with Crippen LogP contribution < -0.4 is 5.32 Å². The van der Waals surface area contributed by atoms with Crippen molar-refractivity contribution in [2.45, 2.75) is 33.6 Å². The van der Waals surface area contributed by atoms with Gasteiger partial charge in [0.2, 0.25) is 11.8 Å². The SMILES string of the molecule is CCOC(=O)CN(CC)CC(=O)Nc1nnc(C(C)C)o1. The molecule has 1 aromatic heterocycles. The van der Waals surface area contributed by atoms with Gasteiger partial charge in [-0.3, -0.25) is 19.8 Å². The summed E-state index contributed by atoms with van der Waals surface area (Å²) in [6, 6.07) is 0.0656. The first-order chi connectivity index (χ1) is 9.96. The van der Waals surface area contributed by atoms with E-state index in [1.54, 1.807) is 11.8 Å². The van der Waals surface area contributed by atoms with Gasteiger partial charge in [-0.2, -0.15) is 0 Å². The molecule has 0 unspecified atom stereocenters. The Labute approximate surface area is 123 Å². The van der Waals surface area contributed by atoms with E-state index < -0.39 is 0 Å². The number of nitrogens with one attached hydrogen (secondary N) is 1. The molecule has 1 amide bonds. The molecule has 1 N–H and O–H groups in total. The minimum atomic E-state index is -0.355. The molecule has 118 valence electrons. The molecule has 8 heteroatoms. The van der Waals surface area contributed by atoms with Crippen LogP contribution in [-0.2, 0) is 14.3 Å². The van der Waals surface area contributed by atoms with Crippen LogP contribution in [0.2, 0.25) is 0 Å². The molecule has 0 spiro atoms. The molecular formula is C13H22N4O4. The number of aromatic nitrogens is 2. The number of rotatable bonds is 8. The van der Waals surface area contributed by atoms with Gasteiger partial charge in [0.1, 0.15) is 0 Å². The van der Waals surface area contributed by atoms with Gasteiger partial charge in [0.15, 0.2) is 0 Å². The Hall–Kier alpha value is -1.96. The Morgan fingerprint density at radius 1 is 1.29 bits per heavy atom. The Morgan fingerprint density at radius 2 is 2.00 bits per heavy atom. The lowest BCUT2D eigenvalue weighted by Gasteiger charge is -2.17. The summed E-state index contributed by atoms with van der Waals surface area (Å²) in [7, 11) is 0. The third kappa shape index (κ3) is 5.90. The summed E-state index contributed by atoms with van der Waals surface area (Å²) in [6.45, 7) is 8.41. The van der Waals surface area contributed by atoms with Gasteiger partial charge in [-0.1, -0.05) is 25.9 Å². The zero-order chi connectivity index (χ0) is 15.8. The predicted octanol–water partition coefficient (Wildman–Crippen LogP) is 1.02. The Balaban J connectivity index is 2.48. The number of hydrogen-bond acceptors (Lipinski definition) is 7. The van der Waals surface area contributed by atoms with E-state index in [2.05, 4.69) is 15.5 Å². The van der Waals surface area contributed by atoms with Crippen molar-refractivity contribution in [1.29, 1.82) is 0 Å². The highest BCUT2D eigenvalue weighted by molar-refractivity contribution is 5.90. The van der Waals surface area contributed by atoms with E-state index in [4.69, 9.17) is 9.15 Å². The van der Waals surface area contributed by atoms with Crippen LogP contribution in [0.5, 0.6) is 0 Å². The van der Waals surface area contributed by atoms with Crippen LogP contribution >= 0.6 is 0 Å². The van der Waals surface area contributed by atoms with E-state index in [1.165, 1.54) is 0 Å². The van der Waals surface area contributed by atoms with Crippen molar-refractivity contribution in [3.63, 3.8) is 0 Å². The molecule has 0 fully saturated rings. The quantitative estimate of drug-likeness (QED) is 0.715. The molecule has 0 aliphatic rings. The second-order valence-corrected chi connectivity index (χ2v) is 4.76. The van der Waals surface area contributed by atoms with Crippen molar-refractivity contribution >= 4 is 17.9 Å². The van der Waals surface area contributed by atoms with Crippen LogP contribution in [0.15, 0.2) is 4.42 Å². The summed E-state index contributed by atoms with van der Waals surface area (Å²) < 4.78 is 10.1. The number of amides is 1. The zero-order valence-corrected chi connectivity index (χ0v) is 12.9. The van der Waals surface area contributed by atoms with Crippen LogP contribution in [0, 0.1) is 0 Å². The highest BCUT2D eigenvalue weighted by Crippen LogP contribution is 2.14. The number of esters is 1. The van der Waals surface area contributed by atoms with Gasteiger partial charge >= 0.3 is 12.0 Å². The third-order valence-electron chi connectivity index (χ3n) is 2.65. The first kappa shape index (κ1) is 17.1. The maximum atomic E-state index is 11.9. The largest absolute Gasteiger partial charge is 0.465 e. The smallest absolute Gasteiger partial charge is 0.322 e. The normalized spacial score (nSPS) is 11.0. The maximum absolute atomic E-state index is 11.9. The van der Waals surface area contributed by atoms with Crippen molar-refractivity contribution in [3.8, 4) is 0 Å². The minimum Gasteiger partial charge on any atom is -0.465 e. The molecule has 8 nitrogen and oxygen atoms in total. The molecule has 0 atom stereocenters. The zero-order valence-electron chi connectivity index (χ0n) is 12.9. The number of carbonyl (C=O) groups excluding carboxylic acids is 2. The predicted molar refractivity (Wildman–Crippen MR) is 75.8 cm³/mol. The van der Waals surface area contributed by atoms with E-state index in [1.807, 2.05) is 20.8 Å². The lowest BCUT2D eigenvalue weighted by atomic mass is 10.2. The summed E-state index contributed by atoms with van der Waals surface area (Å²) in [6.07, 6.45) is 0. The average Bonchev–Trinajstić information content (AvgIpc) is 2.86. The molecular weight excluding hydrogens is 276 g/mol. The molecule has 1 heterocycles. The Kier molecular flexibility index (Phi) is 6.80. The van der Waals surface area contributed by atoms with Crippen molar-refractivity contribution in [2.75, 3.05) is 31.6 Å². The third-order valence-corrected chi connectivity index (χ3v) is 2.65. The van der Waals surface area contributed by atoms with Gasteiger partial charge in [0.05, 0.1) is 19.7 Å². The van der Waals surface area contributed by atoms with Crippen LogP contribution in [0.3, 0.4) is 0 Å². The molecule has 21 heavy (non-hydrogen) atoms. The number of ether oxygens (including phenoxy) is 1. The maximum Gasteiger partial charge on any atom is 0.322 e. The van der Waals surface area contributed by atoms with Crippen LogP contribution in [-0.4, -0.2) is 53.2 Å². The fraction of sp³-hybridized carbons (Fsp3) is 0.692. The summed E-state index contributed by atoms with van der Waals surface area (Å²) >= 11 is 0. The summed E-state index contributed by atoms with van der Waals surface area (Å²) in [4.78, 5) is 24.9. The van der Waals surface area contributed by atoms with Gasteiger partial charge in [-0.25, -0.2) is 0 Å². The summed E-state index contributed by atoms with van der Waals surface area (Å²) in [5.74, 6) is -0.115. The molecule has 1 rings (SSSR count). The number of likely N-dealkylation sites (N-methyl/N-ethyl adjacent to an activating group) is 1. The van der Waals surface area contributed by atoms with E-state index in [0.29, 0.717) is 19.0 Å². The number of nitrogens with zero attached hydrogens (tertiary/aromatic N) is 3. The van der Waals surface area contributed by atoms with E-state index in [-0.39, 0.29) is 36.9 Å². The lowest BCUT2D eigenvalue weighted by molar-refractivity contribution is -0.144. The standard InChI is InChI=1S/C13H22N4O4/c1-5-17(8-11(19)20-6-2)7-10(18)14-13-16-15-12(21-13)9(3)4/h9H,5-8H2,1-4H3,(H,14,16,18). The van der Waals surface area contributed by atoms with Crippen molar-refractivity contribution in [3.05, 3.63) is 5.89 Å². The monoisotopic (exact) mass is 298 g/mol. The van der Waals surface area contributed by atoms with Crippen LogP contribution in [0.4, 0.5) is 6.01 Å². The van der Waals surface area contributed by atoms with E-state index in [0.717, 1.165) is 0 Å². The van der Waals surface area contributed by atoms with Gasteiger partial charge in [0.25, 0.3) is 0 Å². The average molecular weight is 298 g/mol. The molecule has 0 saturated carbocycles. The molecule has 0 bridgehead atoms. The first-order valence-corrected chi connectivity index (χ1v) is 6.97. The topological polar surface area (TPSA) is 97.6 Å². The number of anilines is 1. The van der Waals surface area contributed by atoms with Crippen molar-refractivity contribution < 1.29 is 18.7 Å². The molecule has 0 aromatic carbocycles. The van der Waals surface area contributed by atoms with E-state index >= 15 is 0 Å². The highest BCUT2D eigenvalue weighted by Gasteiger charge is 2.16. The molecule has 0 saturated heterocycles. The summed E-state index contributed by atoms with van der Waals surface area (Å²) in [5, 5.41) is 10.1. The minimum absolute atomic E-state index is 0.0503. The van der Waals surface area contributed by atoms with Crippen LogP contribution in [0.25, 0.3) is 0 Å². The summed E-state index contributed by atoms with van der Waals surface area (Å²) in [5.41, 5.74) is 0. The highest BCUT2D eigenvalue weighted by atomic mass is 16.5. The second kappa shape index (κ2) is 8.35. The Bertz CT molecular complexity index is 472. The van der Waals surface area contributed by atoms with Crippen LogP contribution in [0.1, 0.15) is 39.5 Å². The fourth-order valence-electron chi connectivity index (χ4n) is 1.55. The first-order valence-electron chi connectivity index (χ1n) is 6.97. The second-order valence-electron chi connectivity index (χ2n) is 4.76. The van der Waals surface area contributed by atoms with Gasteiger partial charge in [-0.05, 0) is 13.5 Å². The number of hydrogen-bond donors (Lipinski definition) is 1. The molecule has 0 radical (unpaired) electrons. The van der Waals surface area contributed by atoms with Crippen molar-refractivity contribution in [2.24, 2.45) is 0 Å². The fourth-order valence-corrected chi connectivity index (χ4v) is 1.55. The number of carbonyl (C=O) groups is 2. The van der Waals surface area contributed by atoms with Gasteiger partial charge < -0.3 is 9.15 Å². The lowest BCUT2D eigenvalue weighted by Crippen LogP contribution is -2.37. The molecule has 0 aliphatic heterocycles. The molecule has 0 aliphatic carbocycles. The van der Waals surface area contributed by atoms with Gasteiger partial charge in [-0.15, -0.1) is 5.10 Å². The van der Waals surface area contributed by atoms with E-state index in [9.17, 15) is 9.59 Å².